The lowest BCUT2D eigenvalue weighted by atomic mass is 10.1. The van der Waals surface area contributed by atoms with E-state index in [0.717, 1.165) is 25.9 Å². The Labute approximate surface area is 103 Å². The first-order chi connectivity index (χ1) is 7.42. The van der Waals surface area contributed by atoms with Crippen molar-refractivity contribution >= 4 is 17.7 Å². The molecule has 0 unspecified atom stereocenters. The molecule has 16 heavy (non-hydrogen) atoms. The van der Waals surface area contributed by atoms with Gasteiger partial charge in [-0.3, -0.25) is 4.79 Å². The van der Waals surface area contributed by atoms with Crippen molar-refractivity contribution < 1.29 is 4.79 Å². The van der Waals surface area contributed by atoms with Crippen molar-refractivity contribution in [2.75, 3.05) is 25.9 Å². The molecule has 1 aliphatic rings. The molecule has 94 valence electrons. The zero-order valence-corrected chi connectivity index (χ0v) is 11.7. The quantitative estimate of drug-likeness (QED) is 0.820. The van der Waals surface area contributed by atoms with Crippen LogP contribution in [0.5, 0.6) is 0 Å². The molecule has 1 N–H and O–H groups in total. The van der Waals surface area contributed by atoms with E-state index in [1.54, 1.807) is 11.8 Å². The molecule has 0 aromatic carbocycles. The minimum absolute atomic E-state index is 0.180. The van der Waals surface area contributed by atoms with E-state index in [-0.39, 0.29) is 4.75 Å². The number of likely N-dealkylation sites (tertiary alicyclic amines) is 1. The van der Waals surface area contributed by atoms with Crippen LogP contribution in [0.15, 0.2) is 0 Å². The van der Waals surface area contributed by atoms with Crippen molar-refractivity contribution in [1.29, 1.82) is 0 Å². The summed E-state index contributed by atoms with van der Waals surface area (Å²) in [5.41, 5.74) is 0. The van der Waals surface area contributed by atoms with Gasteiger partial charge in [-0.15, -0.1) is 11.8 Å². The van der Waals surface area contributed by atoms with Gasteiger partial charge < -0.3 is 10.2 Å². The van der Waals surface area contributed by atoms with Crippen LogP contribution in [-0.2, 0) is 4.79 Å². The van der Waals surface area contributed by atoms with Gasteiger partial charge in [0.15, 0.2) is 0 Å². The van der Waals surface area contributed by atoms with E-state index in [1.165, 1.54) is 0 Å². The predicted octanol–water partition coefficient (Wildman–Crippen LogP) is 1.73. The minimum atomic E-state index is 0.180. The molecule has 0 aromatic rings. The molecular weight excluding hydrogens is 220 g/mol. The zero-order valence-electron chi connectivity index (χ0n) is 10.9. The Balaban J connectivity index is 2.28. The topological polar surface area (TPSA) is 32.3 Å². The molecule has 1 aliphatic heterocycles. The van der Waals surface area contributed by atoms with Gasteiger partial charge in [0.2, 0.25) is 5.91 Å². The van der Waals surface area contributed by atoms with Crippen LogP contribution < -0.4 is 5.32 Å². The normalized spacial score (nSPS) is 18.9. The average Bonchev–Trinajstić information content (AvgIpc) is 2.25. The summed E-state index contributed by atoms with van der Waals surface area (Å²) in [4.78, 5) is 13.9. The number of nitrogens with one attached hydrogen (secondary N) is 1. The third-order valence-electron chi connectivity index (χ3n) is 2.88. The SMILES string of the molecule is CNC1CCN(C(=O)CSC(C)(C)C)CC1. The van der Waals surface area contributed by atoms with Gasteiger partial charge in [-0.2, -0.15) is 0 Å². The van der Waals surface area contributed by atoms with Crippen LogP contribution in [0, 0.1) is 0 Å². The first-order valence-electron chi connectivity index (χ1n) is 6.01. The van der Waals surface area contributed by atoms with Gasteiger partial charge in [0.25, 0.3) is 0 Å². The van der Waals surface area contributed by atoms with Crippen molar-refractivity contribution in [1.82, 2.24) is 10.2 Å². The highest BCUT2D eigenvalue weighted by Gasteiger charge is 2.22. The number of amides is 1. The maximum Gasteiger partial charge on any atom is 0.232 e. The number of hydrogen-bond donors (Lipinski definition) is 1. The monoisotopic (exact) mass is 244 g/mol. The standard InChI is InChI=1S/C12H24N2OS/c1-12(2,3)16-9-11(15)14-7-5-10(13-4)6-8-14/h10,13H,5-9H2,1-4H3. The molecule has 0 spiro atoms. The number of carbonyl (C=O) groups excluding carboxylic acids is 1. The summed E-state index contributed by atoms with van der Waals surface area (Å²) in [6, 6.07) is 0.597. The van der Waals surface area contributed by atoms with Crippen LogP contribution >= 0.6 is 11.8 Å². The summed E-state index contributed by atoms with van der Waals surface area (Å²) in [6.45, 7) is 8.28. The number of thioether (sulfide) groups is 1. The van der Waals surface area contributed by atoms with Gasteiger partial charge in [-0.1, -0.05) is 20.8 Å². The lowest BCUT2D eigenvalue weighted by Gasteiger charge is -2.32. The summed E-state index contributed by atoms with van der Waals surface area (Å²) in [7, 11) is 2.00. The highest BCUT2D eigenvalue weighted by molar-refractivity contribution is 8.01. The Kier molecular flexibility index (Phi) is 5.12. The lowest BCUT2D eigenvalue weighted by molar-refractivity contribution is -0.129. The first-order valence-corrected chi connectivity index (χ1v) is 7.00. The lowest BCUT2D eigenvalue weighted by Crippen LogP contribution is -2.44. The van der Waals surface area contributed by atoms with Gasteiger partial charge in [-0.05, 0) is 19.9 Å². The first kappa shape index (κ1) is 13.8. The Morgan fingerprint density at radius 3 is 2.38 bits per heavy atom. The highest BCUT2D eigenvalue weighted by Crippen LogP contribution is 2.23. The fourth-order valence-corrected chi connectivity index (χ4v) is 2.53. The molecule has 0 bridgehead atoms. The number of nitrogens with zero attached hydrogens (tertiary/aromatic N) is 1. The number of hydrogen-bond acceptors (Lipinski definition) is 3. The summed E-state index contributed by atoms with van der Waals surface area (Å²) in [5.74, 6) is 0.919. The third-order valence-corrected chi connectivity index (χ3v) is 4.14. The van der Waals surface area contributed by atoms with Gasteiger partial charge in [0, 0.05) is 23.9 Å². The van der Waals surface area contributed by atoms with Crippen LogP contribution in [0.1, 0.15) is 33.6 Å². The molecule has 0 saturated carbocycles. The minimum Gasteiger partial charge on any atom is -0.342 e. The molecule has 1 amide bonds. The van der Waals surface area contributed by atoms with Gasteiger partial charge >= 0.3 is 0 Å². The molecule has 1 fully saturated rings. The maximum atomic E-state index is 11.9. The maximum absolute atomic E-state index is 11.9. The number of rotatable bonds is 3. The molecule has 1 rings (SSSR count). The van der Waals surface area contributed by atoms with Crippen LogP contribution in [0.25, 0.3) is 0 Å². The summed E-state index contributed by atoms with van der Waals surface area (Å²) in [6.07, 6.45) is 2.17. The van der Waals surface area contributed by atoms with E-state index in [2.05, 4.69) is 26.1 Å². The van der Waals surface area contributed by atoms with Crippen molar-refractivity contribution in [2.45, 2.75) is 44.4 Å². The molecule has 4 heteroatoms. The molecule has 0 aliphatic carbocycles. The Hall–Kier alpha value is -0.220. The van der Waals surface area contributed by atoms with Crippen molar-refractivity contribution in [3.63, 3.8) is 0 Å². The number of piperidine rings is 1. The molecule has 0 radical (unpaired) electrons. The molecule has 1 heterocycles. The van der Waals surface area contributed by atoms with Gasteiger partial charge in [-0.25, -0.2) is 0 Å². The largest absolute Gasteiger partial charge is 0.342 e. The molecule has 1 saturated heterocycles. The van der Waals surface area contributed by atoms with Crippen LogP contribution in [0.3, 0.4) is 0 Å². The molecule has 3 nitrogen and oxygen atoms in total. The van der Waals surface area contributed by atoms with E-state index in [1.807, 2.05) is 11.9 Å². The van der Waals surface area contributed by atoms with E-state index < -0.39 is 0 Å². The van der Waals surface area contributed by atoms with E-state index in [0.29, 0.717) is 17.7 Å². The van der Waals surface area contributed by atoms with Gasteiger partial charge in [0.05, 0.1) is 5.75 Å². The number of carbonyl (C=O) groups is 1. The Bertz CT molecular complexity index is 230. The fourth-order valence-electron chi connectivity index (χ4n) is 1.79. The second-order valence-corrected chi connectivity index (χ2v) is 7.15. The second-order valence-electron chi connectivity index (χ2n) is 5.34. The van der Waals surface area contributed by atoms with Crippen LogP contribution in [-0.4, -0.2) is 47.5 Å². The predicted molar refractivity (Wildman–Crippen MR) is 70.9 cm³/mol. The second kappa shape index (κ2) is 5.92. The molecule has 0 atom stereocenters. The van der Waals surface area contributed by atoms with E-state index >= 15 is 0 Å². The Morgan fingerprint density at radius 2 is 1.94 bits per heavy atom. The fraction of sp³-hybridized carbons (Fsp3) is 0.917. The van der Waals surface area contributed by atoms with Crippen LogP contribution in [0.2, 0.25) is 0 Å². The van der Waals surface area contributed by atoms with Crippen molar-refractivity contribution in [3.05, 3.63) is 0 Å². The van der Waals surface area contributed by atoms with Crippen molar-refractivity contribution in [3.8, 4) is 0 Å². The smallest absolute Gasteiger partial charge is 0.232 e. The summed E-state index contributed by atoms with van der Waals surface area (Å²) in [5, 5.41) is 3.28. The van der Waals surface area contributed by atoms with Crippen LogP contribution in [0.4, 0.5) is 0 Å². The average molecular weight is 244 g/mol. The molecule has 0 aromatic heterocycles. The Morgan fingerprint density at radius 1 is 1.38 bits per heavy atom. The summed E-state index contributed by atoms with van der Waals surface area (Å²) >= 11 is 1.74. The van der Waals surface area contributed by atoms with Crippen molar-refractivity contribution in [2.24, 2.45) is 0 Å². The van der Waals surface area contributed by atoms with Gasteiger partial charge in [0.1, 0.15) is 0 Å². The third kappa shape index (κ3) is 4.74. The van der Waals surface area contributed by atoms with E-state index in [4.69, 9.17) is 0 Å². The van der Waals surface area contributed by atoms with E-state index in [9.17, 15) is 4.79 Å². The highest BCUT2D eigenvalue weighted by atomic mass is 32.2. The summed E-state index contributed by atoms with van der Waals surface area (Å²) < 4.78 is 0.180. The zero-order chi connectivity index (χ0) is 12.2. The molecular formula is C12H24N2OS.